The van der Waals surface area contributed by atoms with Gasteiger partial charge < -0.3 is 19.7 Å². The van der Waals surface area contributed by atoms with Gasteiger partial charge in [-0.1, -0.05) is 0 Å². The molecule has 0 aliphatic carbocycles. The molecule has 9 nitrogen and oxygen atoms in total. The first-order valence-corrected chi connectivity index (χ1v) is 5.43. The van der Waals surface area contributed by atoms with E-state index in [0.29, 0.717) is 0 Å². The molecule has 1 aliphatic heterocycles. The molecular weight excluding hydrogens is 262 g/mol. The molecule has 0 amide bonds. The highest BCUT2D eigenvalue weighted by molar-refractivity contribution is 5.77. The van der Waals surface area contributed by atoms with E-state index in [4.69, 9.17) is 19.7 Å². The van der Waals surface area contributed by atoms with Gasteiger partial charge >= 0.3 is 23.9 Å². The fraction of sp³-hybridized carbons (Fsp3) is 0.600. The Kier molecular flexibility index (Phi) is 4.81. The van der Waals surface area contributed by atoms with Gasteiger partial charge in [-0.25, -0.2) is 19.2 Å². The Morgan fingerprint density at radius 2 is 1.32 bits per heavy atom. The lowest BCUT2D eigenvalue weighted by Gasteiger charge is -2.32. The summed E-state index contributed by atoms with van der Waals surface area (Å²) in [4.78, 5) is 44.6. The SMILES string of the molecule is O=C(O)C[N+]1(CC(=O)O)CC(=O)OCCOC(=O)C1. The van der Waals surface area contributed by atoms with E-state index in [1.54, 1.807) is 0 Å². The number of carbonyl (C=O) groups excluding carboxylic acids is 2. The standard InChI is InChI=1S/C10H13NO8/c12-7(13)3-11(4-8(14)15)5-9(16)18-1-2-19-10(17)6-11/h1-6H2,(H-,12,13,14,15)/p+1. The van der Waals surface area contributed by atoms with Crippen molar-refractivity contribution < 1.29 is 43.3 Å². The fourth-order valence-corrected chi connectivity index (χ4v) is 1.86. The van der Waals surface area contributed by atoms with Gasteiger partial charge in [0.25, 0.3) is 0 Å². The first-order chi connectivity index (χ1) is 8.83. The van der Waals surface area contributed by atoms with Gasteiger partial charge in [0.1, 0.15) is 13.2 Å². The molecule has 2 N–H and O–H groups in total. The Hall–Kier alpha value is -2.16. The van der Waals surface area contributed by atoms with Gasteiger partial charge in [0, 0.05) is 0 Å². The van der Waals surface area contributed by atoms with Gasteiger partial charge in [-0.15, -0.1) is 0 Å². The van der Waals surface area contributed by atoms with Gasteiger partial charge in [0.15, 0.2) is 26.2 Å². The molecule has 0 saturated carbocycles. The van der Waals surface area contributed by atoms with E-state index in [2.05, 4.69) is 0 Å². The van der Waals surface area contributed by atoms with Crippen molar-refractivity contribution in [1.82, 2.24) is 0 Å². The number of hydrogen-bond acceptors (Lipinski definition) is 6. The van der Waals surface area contributed by atoms with Crippen molar-refractivity contribution in [3.63, 3.8) is 0 Å². The number of aliphatic carboxylic acids is 2. The number of cyclic esters (lactones) is 2. The maximum absolute atomic E-state index is 11.5. The van der Waals surface area contributed by atoms with Crippen molar-refractivity contribution in [3.05, 3.63) is 0 Å². The van der Waals surface area contributed by atoms with Gasteiger partial charge in [0.05, 0.1) is 0 Å². The second-order valence-corrected chi connectivity index (χ2v) is 4.20. The third-order valence-corrected chi connectivity index (χ3v) is 2.48. The highest BCUT2D eigenvalue weighted by Gasteiger charge is 2.39. The van der Waals surface area contributed by atoms with Crippen molar-refractivity contribution in [2.24, 2.45) is 0 Å². The lowest BCUT2D eigenvalue weighted by Crippen LogP contribution is -2.58. The zero-order valence-corrected chi connectivity index (χ0v) is 10.0. The first-order valence-electron chi connectivity index (χ1n) is 5.43. The van der Waals surface area contributed by atoms with E-state index in [0.717, 1.165) is 0 Å². The summed E-state index contributed by atoms with van der Waals surface area (Å²) in [5.41, 5.74) is 0. The highest BCUT2D eigenvalue weighted by atomic mass is 16.6. The van der Waals surface area contributed by atoms with Gasteiger partial charge in [0.2, 0.25) is 0 Å². The number of hydrogen-bond donors (Lipinski definition) is 2. The molecule has 9 heteroatoms. The van der Waals surface area contributed by atoms with Crippen LogP contribution in [0, 0.1) is 0 Å². The van der Waals surface area contributed by atoms with Crippen LogP contribution < -0.4 is 0 Å². The van der Waals surface area contributed by atoms with Crippen LogP contribution in [0.2, 0.25) is 0 Å². The Bertz CT molecular complexity index is 366. The lowest BCUT2D eigenvalue weighted by molar-refractivity contribution is -0.900. The van der Waals surface area contributed by atoms with Gasteiger partial charge in [-0.3, -0.25) is 4.48 Å². The van der Waals surface area contributed by atoms with E-state index in [9.17, 15) is 19.2 Å². The van der Waals surface area contributed by atoms with E-state index in [1.165, 1.54) is 0 Å². The number of carbonyl (C=O) groups is 4. The summed E-state index contributed by atoms with van der Waals surface area (Å²) in [5, 5.41) is 17.7. The van der Waals surface area contributed by atoms with E-state index in [1.807, 2.05) is 0 Å². The van der Waals surface area contributed by atoms with Gasteiger partial charge in [-0.05, 0) is 0 Å². The van der Waals surface area contributed by atoms with Crippen LogP contribution in [0.1, 0.15) is 0 Å². The number of esters is 2. The average Bonchev–Trinajstić information content (AvgIpc) is 2.26. The third kappa shape index (κ3) is 4.92. The first kappa shape index (κ1) is 14.9. The molecule has 0 aromatic rings. The molecule has 0 radical (unpaired) electrons. The maximum Gasteiger partial charge on any atom is 0.361 e. The number of carboxylic acid groups (broad SMARTS) is 2. The Morgan fingerprint density at radius 3 is 1.63 bits per heavy atom. The molecule has 106 valence electrons. The maximum atomic E-state index is 11.5. The van der Waals surface area contributed by atoms with Crippen LogP contribution in [0.25, 0.3) is 0 Å². The summed E-state index contributed by atoms with van der Waals surface area (Å²) in [6.45, 7) is -2.65. The minimum atomic E-state index is -1.32. The zero-order chi connectivity index (χ0) is 14.5. The Morgan fingerprint density at radius 1 is 0.947 bits per heavy atom. The smallest absolute Gasteiger partial charge is 0.361 e. The Labute approximate surface area is 107 Å². The number of ether oxygens (including phenoxy) is 2. The summed E-state index contributed by atoms with van der Waals surface area (Å²) in [7, 11) is 0. The minimum absolute atomic E-state index is 0.134. The molecule has 0 spiro atoms. The molecule has 0 atom stereocenters. The van der Waals surface area contributed by atoms with E-state index < -0.39 is 54.5 Å². The summed E-state index contributed by atoms with van der Waals surface area (Å²) in [6, 6.07) is 0. The van der Waals surface area contributed by atoms with Crippen LogP contribution in [0.15, 0.2) is 0 Å². The normalized spacial score (nSPS) is 19.4. The van der Waals surface area contributed by atoms with Crippen LogP contribution >= 0.6 is 0 Å². The van der Waals surface area contributed by atoms with Crippen LogP contribution in [-0.2, 0) is 28.7 Å². The van der Waals surface area contributed by atoms with Crippen LogP contribution in [0.3, 0.4) is 0 Å². The average molecular weight is 276 g/mol. The van der Waals surface area contributed by atoms with Crippen molar-refractivity contribution in [2.75, 3.05) is 39.4 Å². The van der Waals surface area contributed by atoms with E-state index in [-0.39, 0.29) is 13.2 Å². The number of rotatable bonds is 4. The summed E-state index contributed by atoms with van der Waals surface area (Å²) < 4.78 is 8.66. The van der Waals surface area contributed by atoms with Crippen molar-refractivity contribution in [3.8, 4) is 0 Å². The quantitative estimate of drug-likeness (QED) is 0.449. The third-order valence-electron chi connectivity index (χ3n) is 2.48. The largest absolute Gasteiger partial charge is 0.477 e. The summed E-state index contributed by atoms with van der Waals surface area (Å²) in [6.07, 6.45) is 0. The molecule has 1 fully saturated rings. The lowest BCUT2D eigenvalue weighted by atomic mass is 10.3. The molecule has 0 aromatic heterocycles. The molecule has 1 aliphatic rings. The molecule has 0 bridgehead atoms. The molecule has 1 saturated heterocycles. The Balaban J connectivity index is 3.02. The van der Waals surface area contributed by atoms with Gasteiger partial charge in [-0.2, -0.15) is 0 Å². The van der Waals surface area contributed by atoms with Crippen molar-refractivity contribution in [2.45, 2.75) is 0 Å². The van der Waals surface area contributed by atoms with E-state index >= 15 is 0 Å². The summed E-state index contributed by atoms with van der Waals surface area (Å²) in [5.74, 6) is -4.16. The monoisotopic (exact) mass is 276 g/mol. The minimum Gasteiger partial charge on any atom is -0.477 e. The predicted octanol–water partition coefficient (Wildman–Crippen LogP) is -1.93. The molecule has 0 aromatic carbocycles. The predicted molar refractivity (Wildman–Crippen MR) is 56.9 cm³/mol. The molecule has 0 unspecified atom stereocenters. The molecule has 1 heterocycles. The van der Waals surface area contributed by atoms with Crippen LogP contribution in [-0.4, -0.2) is 78.0 Å². The van der Waals surface area contributed by atoms with Crippen molar-refractivity contribution in [1.29, 1.82) is 0 Å². The topological polar surface area (TPSA) is 127 Å². The molecule has 19 heavy (non-hydrogen) atoms. The summed E-state index contributed by atoms with van der Waals surface area (Å²) >= 11 is 0. The van der Waals surface area contributed by atoms with Crippen LogP contribution in [0.5, 0.6) is 0 Å². The van der Waals surface area contributed by atoms with Crippen molar-refractivity contribution >= 4 is 23.9 Å². The second-order valence-electron chi connectivity index (χ2n) is 4.20. The number of quaternary nitrogens is 1. The van der Waals surface area contributed by atoms with Crippen LogP contribution in [0.4, 0.5) is 0 Å². The fourth-order valence-electron chi connectivity index (χ4n) is 1.86. The second kappa shape index (κ2) is 6.14. The highest BCUT2D eigenvalue weighted by Crippen LogP contribution is 2.10. The number of carboxylic acids is 2. The zero-order valence-electron chi connectivity index (χ0n) is 10.0. The molecular formula is C10H14NO8+. The number of nitrogens with zero attached hydrogens (tertiary/aromatic N) is 1. The molecule has 1 rings (SSSR count).